The second-order valence-corrected chi connectivity index (χ2v) is 5.11. The molecule has 2 aromatic rings. The average Bonchev–Trinajstić information content (AvgIpc) is 2.35. The highest BCUT2D eigenvalue weighted by molar-refractivity contribution is 6.32. The first-order valence-electron chi connectivity index (χ1n) is 6.23. The largest absolute Gasteiger partial charge is 0.495 e. The Morgan fingerprint density at radius 2 is 1.74 bits per heavy atom. The molecule has 0 amide bonds. The summed E-state index contributed by atoms with van der Waals surface area (Å²) < 4.78 is 5.13. The Bertz CT molecular complexity index is 561. The number of methoxy groups -OCH3 is 1. The Morgan fingerprint density at radius 1 is 1.05 bits per heavy atom. The van der Waals surface area contributed by atoms with Gasteiger partial charge in [0.25, 0.3) is 0 Å². The predicted octanol–water partition coefficient (Wildman–Crippen LogP) is 4.58. The zero-order valence-corrected chi connectivity index (χ0v) is 12.2. The van der Waals surface area contributed by atoms with Crippen molar-refractivity contribution >= 4 is 17.3 Å². The van der Waals surface area contributed by atoms with Crippen LogP contribution in [-0.4, -0.2) is 7.11 Å². The Hall–Kier alpha value is -1.67. The molecule has 19 heavy (non-hydrogen) atoms. The Morgan fingerprint density at radius 3 is 2.32 bits per heavy atom. The van der Waals surface area contributed by atoms with Gasteiger partial charge in [-0.1, -0.05) is 40.9 Å². The number of anilines is 1. The van der Waals surface area contributed by atoms with E-state index in [-0.39, 0.29) is 0 Å². The summed E-state index contributed by atoms with van der Waals surface area (Å²) >= 11 is 6.10. The van der Waals surface area contributed by atoms with Gasteiger partial charge in [0.15, 0.2) is 0 Å². The summed E-state index contributed by atoms with van der Waals surface area (Å²) in [6, 6.07) is 12.3. The number of nitrogens with one attached hydrogen (secondary N) is 1. The highest BCUT2D eigenvalue weighted by atomic mass is 35.5. The van der Waals surface area contributed by atoms with Gasteiger partial charge in [-0.25, -0.2) is 0 Å². The first-order chi connectivity index (χ1) is 9.08. The minimum absolute atomic E-state index is 0.618. The van der Waals surface area contributed by atoms with Crippen molar-refractivity contribution in [2.75, 3.05) is 12.4 Å². The van der Waals surface area contributed by atoms with Crippen molar-refractivity contribution in [2.24, 2.45) is 0 Å². The van der Waals surface area contributed by atoms with Crippen LogP contribution in [0.4, 0.5) is 5.69 Å². The molecule has 0 aliphatic rings. The van der Waals surface area contributed by atoms with Crippen LogP contribution in [0, 0.1) is 13.8 Å². The van der Waals surface area contributed by atoms with Gasteiger partial charge in [-0.2, -0.15) is 0 Å². The molecule has 2 rings (SSSR count). The highest BCUT2D eigenvalue weighted by Gasteiger charge is 2.02. The molecule has 0 saturated carbocycles. The van der Waals surface area contributed by atoms with Crippen LogP contribution in [0.25, 0.3) is 0 Å². The molecule has 0 fully saturated rings. The first kappa shape index (κ1) is 13.8. The van der Waals surface area contributed by atoms with Gasteiger partial charge >= 0.3 is 0 Å². The van der Waals surface area contributed by atoms with E-state index in [0.29, 0.717) is 10.8 Å². The van der Waals surface area contributed by atoms with E-state index in [9.17, 15) is 0 Å². The van der Waals surface area contributed by atoms with Gasteiger partial charge in [0.05, 0.1) is 12.1 Å². The van der Waals surface area contributed by atoms with Gasteiger partial charge in [0.1, 0.15) is 5.75 Å². The van der Waals surface area contributed by atoms with Crippen molar-refractivity contribution in [2.45, 2.75) is 20.4 Å². The number of hydrogen-bond acceptors (Lipinski definition) is 2. The van der Waals surface area contributed by atoms with Crippen LogP contribution < -0.4 is 10.1 Å². The molecule has 0 atom stereocenters. The number of aryl methyl sites for hydroxylation is 2. The lowest BCUT2D eigenvalue weighted by Crippen LogP contribution is -2.00. The van der Waals surface area contributed by atoms with E-state index in [0.717, 1.165) is 12.2 Å². The van der Waals surface area contributed by atoms with E-state index in [2.05, 4.69) is 37.4 Å². The topological polar surface area (TPSA) is 21.3 Å². The standard InChI is InChI=1S/C16H18ClNO/c1-11-6-12(2)8-13(7-11)10-18-14-4-5-16(19-3)15(17)9-14/h4-9,18H,10H2,1-3H3. The summed E-state index contributed by atoms with van der Waals surface area (Å²) in [6.45, 7) is 5.01. The molecule has 0 saturated heterocycles. The van der Waals surface area contributed by atoms with Crippen molar-refractivity contribution < 1.29 is 4.74 Å². The molecule has 2 aromatic carbocycles. The molecule has 2 nitrogen and oxygen atoms in total. The summed E-state index contributed by atoms with van der Waals surface area (Å²) in [5.41, 5.74) is 4.82. The Balaban J connectivity index is 2.08. The Kier molecular flexibility index (Phi) is 4.33. The van der Waals surface area contributed by atoms with Crippen LogP contribution in [0.15, 0.2) is 36.4 Å². The molecule has 0 unspecified atom stereocenters. The van der Waals surface area contributed by atoms with Crippen molar-refractivity contribution in [3.63, 3.8) is 0 Å². The molecular formula is C16H18ClNO. The Labute approximate surface area is 119 Å². The molecule has 0 aromatic heterocycles. The zero-order valence-electron chi connectivity index (χ0n) is 11.5. The summed E-state index contributed by atoms with van der Waals surface area (Å²) in [6.07, 6.45) is 0. The minimum Gasteiger partial charge on any atom is -0.495 e. The van der Waals surface area contributed by atoms with E-state index < -0.39 is 0 Å². The predicted molar refractivity (Wildman–Crippen MR) is 81.2 cm³/mol. The summed E-state index contributed by atoms with van der Waals surface area (Å²) in [4.78, 5) is 0. The number of halogens is 1. The van der Waals surface area contributed by atoms with Gasteiger partial charge in [0, 0.05) is 12.2 Å². The van der Waals surface area contributed by atoms with E-state index in [1.54, 1.807) is 7.11 Å². The van der Waals surface area contributed by atoms with Crippen molar-refractivity contribution in [1.29, 1.82) is 0 Å². The fraction of sp³-hybridized carbons (Fsp3) is 0.250. The molecular weight excluding hydrogens is 258 g/mol. The van der Waals surface area contributed by atoms with Gasteiger partial charge in [0.2, 0.25) is 0 Å². The molecule has 0 spiro atoms. The second-order valence-electron chi connectivity index (χ2n) is 4.70. The van der Waals surface area contributed by atoms with E-state index >= 15 is 0 Å². The van der Waals surface area contributed by atoms with Crippen LogP contribution >= 0.6 is 11.6 Å². The van der Waals surface area contributed by atoms with Gasteiger partial charge < -0.3 is 10.1 Å². The van der Waals surface area contributed by atoms with Gasteiger partial charge in [-0.15, -0.1) is 0 Å². The number of benzene rings is 2. The van der Waals surface area contributed by atoms with Crippen molar-refractivity contribution in [1.82, 2.24) is 0 Å². The SMILES string of the molecule is COc1ccc(NCc2cc(C)cc(C)c2)cc1Cl. The summed E-state index contributed by atoms with van der Waals surface area (Å²) in [7, 11) is 1.61. The molecule has 0 heterocycles. The third-order valence-electron chi connectivity index (χ3n) is 2.93. The lowest BCUT2D eigenvalue weighted by atomic mass is 10.1. The molecule has 0 aliphatic heterocycles. The molecule has 1 N–H and O–H groups in total. The number of ether oxygens (including phenoxy) is 1. The molecule has 3 heteroatoms. The average molecular weight is 276 g/mol. The van der Waals surface area contributed by atoms with E-state index in [4.69, 9.17) is 16.3 Å². The van der Waals surface area contributed by atoms with E-state index in [1.807, 2.05) is 18.2 Å². The number of hydrogen-bond donors (Lipinski definition) is 1. The highest BCUT2D eigenvalue weighted by Crippen LogP contribution is 2.27. The van der Waals surface area contributed by atoms with Crippen LogP contribution in [0.3, 0.4) is 0 Å². The van der Waals surface area contributed by atoms with Crippen LogP contribution in [0.5, 0.6) is 5.75 Å². The zero-order chi connectivity index (χ0) is 13.8. The summed E-state index contributed by atoms with van der Waals surface area (Å²) in [5, 5.41) is 3.99. The molecule has 0 radical (unpaired) electrons. The second kappa shape index (κ2) is 5.98. The maximum Gasteiger partial charge on any atom is 0.137 e. The third kappa shape index (κ3) is 3.65. The first-order valence-corrected chi connectivity index (χ1v) is 6.61. The smallest absolute Gasteiger partial charge is 0.137 e. The minimum atomic E-state index is 0.618. The maximum atomic E-state index is 6.10. The third-order valence-corrected chi connectivity index (χ3v) is 3.23. The van der Waals surface area contributed by atoms with Crippen LogP contribution in [0.2, 0.25) is 5.02 Å². The van der Waals surface area contributed by atoms with Crippen LogP contribution in [0.1, 0.15) is 16.7 Å². The molecule has 100 valence electrons. The monoisotopic (exact) mass is 275 g/mol. The fourth-order valence-corrected chi connectivity index (χ4v) is 2.41. The number of rotatable bonds is 4. The quantitative estimate of drug-likeness (QED) is 0.882. The normalized spacial score (nSPS) is 10.3. The van der Waals surface area contributed by atoms with E-state index in [1.165, 1.54) is 16.7 Å². The summed E-state index contributed by atoms with van der Waals surface area (Å²) in [5.74, 6) is 0.693. The van der Waals surface area contributed by atoms with Gasteiger partial charge in [-0.3, -0.25) is 0 Å². The fourth-order valence-electron chi connectivity index (χ4n) is 2.15. The lowest BCUT2D eigenvalue weighted by molar-refractivity contribution is 0.415. The van der Waals surface area contributed by atoms with Crippen molar-refractivity contribution in [3.05, 3.63) is 58.1 Å². The lowest BCUT2D eigenvalue weighted by Gasteiger charge is -2.10. The molecule has 0 bridgehead atoms. The van der Waals surface area contributed by atoms with Crippen LogP contribution in [-0.2, 0) is 6.54 Å². The van der Waals surface area contributed by atoms with Gasteiger partial charge in [-0.05, 0) is 37.6 Å². The molecule has 0 aliphatic carbocycles. The van der Waals surface area contributed by atoms with Crippen molar-refractivity contribution in [3.8, 4) is 5.75 Å². The maximum absolute atomic E-state index is 6.10.